The first-order valence-electron chi connectivity index (χ1n) is 16.6. The first-order chi connectivity index (χ1) is 23.0. The monoisotopic (exact) mass is 694 g/mol. The summed E-state index contributed by atoms with van der Waals surface area (Å²) in [5.74, 6) is 0.979. The van der Waals surface area contributed by atoms with Gasteiger partial charge in [0.1, 0.15) is 34.1 Å². The van der Waals surface area contributed by atoms with Crippen LogP contribution in [-0.4, -0.2) is 48.5 Å². The van der Waals surface area contributed by atoms with E-state index < -0.39 is 40.7 Å². The van der Waals surface area contributed by atoms with Gasteiger partial charge in [-0.05, 0) is 136 Å². The number of ether oxygens (including phenoxy) is 7. The number of benzene rings is 3. The van der Waals surface area contributed by atoms with Crippen molar-refractivity contribution >= 4 is 18.5 Å². The minimum absolute atomic E-state index is 0.326. The van der Waals surface area contributed by atoms with E-state index in [1.54, 1.807) is 106 Å². The Hall–Kier alpha value is -4.57. The molecule has 1 unspecified atom stereocenters. The number of hydrogen-bond donors (Lipinski definition) is 0. The van der Waals surface area contributed by atoms with Crippen LogP contribution in [0.1, 0.15) is 106 Å². The lowest BCUT2D eigenvalue weighted by atomic mass is 9.71. The van der Waals surface area contributed by atoms with Gasteiger partial charge in [-0.15, -0.1) is 0 Å². The molecule has 1 atom stereocenters. The molecule has 0 heterocycles. The fourth-order valence-corrected chi connectivity index (χ4v) is 4.34. The minimum Gasteiger partial charge on any atom is -0.428 e. The zero-order valence-corrected chi connectivity index (χ0v) is 31.8. The zero-order valence-electron chi connectivity index (χ0n) is 31.8. The van der Waals surface area contributed by atoms with E-state index in [0.29, 0.717) is 23.4 Å². The van der Waals surface area contributed by atoms with Crippen molar-refractivity contribution in [3.63, 3.8) is 0 Å². The first kappa shape index (κ1) is 41.6. The summed E-state index contributed by atoms with van der Waals surface area (Å²) in [4.78, 5) is 36.6. The Balaban J connectivity index is 0.00000132. The van der Waals surface area contributed by atoms with E-state index in [4.69, 9.17) is 33.2 Å². The molecule has 0 saturated heterocycles. The number of hydrogen-bond acceptors (Lipinski definition) is 10. The molecular formula is C40H54O10. The minimum atomic E-state index is -0.797. The molecule has 0 fully saturated rings. The highest BCUT2D eigenvalue weighted by atomic mass is 16.7. The third-order valence-electron chi connectivity index (χ3n) is 7.04. The molecule has 10 heteroatoms. The molecule has 3 rings (SSSR count). The summed E-state index contributed by atoms with van der Waals surface area (Å²) in [6.45, 7) is 22.0. The van der Waals surface area contributed by atoms with Gasteiger partial charge in [-0.25, -0.2) is 14.4 Å². The second-order valence-corrected chi connectivity index (χ2v) is 14.9. The Morgan fingerprint density at radius 1 is 0.500 bits per heavy atom. The molecule has 0 aromatic heterocycles. The first-order valence-corrected chi connectivity index (χ1v) is 16.6. The molecule has 0 radical (unpaired) electrons. The molecule has 0 amide bonds. The fourth-order valence-electron chi connectivity index (χ4n) is 4.34. The molecule has 0 aliphatic heterocycles. The highest BCUT2D eigenvalue weighted by Crippen LogP contribution is 2.40. The topological polar surface area (TPSA) is 116 Å². The number of methoxy groups -OCH3 is 1. The molecule has 50 heavy (non-hydrogen) atoms. The predicted molar refractivity (Wildman–Crippen MR) is 192 cm³/mol. The Morgan fingerprint density at radius 3 is 0.900 bits per heavy atom. The van der Waals surface area contributed by atoms with Crippen molar-refractivity contribution in [2.75, 3.05) is 7.11 Å². The van der Waals surface area contributed by atoms with Crippen LogP contribution in [0.2, 0.25) is 0 Å². The third kappa shape index (κ3) is 14.1. The molecule has 0 N–H and O–H groups in total. The van der Waals surface area contributed by atoms with E-state index in [1.807, 2.05) is 43.3 Å². The van der Waals surface area contributed by atoms with Gasteiger partial charge in [-0.3, -0.25) is 0 Å². The maximum Gasteiger partial charge on any atom is 0.514 e. The van der Waals surface area contributed by atoms with Crippen LogP contribution in [-0.2, 0) is 24.4 Å². The third-order valence-corrected chi connectivity index (χ3v) is 7.04. The number of rotatable bonds is 8. The van der Waals surface area contributed by atoms with Gasteiger partial charge < -0.3 is 33.2 Å². The van der Waals surface area contributed by atoms with Crippen LogP contribution in [0.15, 0.2) is 72.8 Å². The fraction of sp³-hybridized carbons (Fsp3) is 0.475. The van der Waals surface area contributed by atoms with E-state index >= 15 is 0 Å². The summed E-state index contributed by atoms with van der Waals surface area (Å²) in [6.07, 6.45) is -0.848. The van der Waals surface area contributed by atoms with Crippen molar-refractivity contribution in [1.29, 1.82) is 0 Å². The SMILES string of the molecule is CC(C)(C)OC(=O)Oc1ccc(C(C)(c2ccc(OC(=O)OC(C)(C)C)cc2)c2ccc(OC(=O)OC(C)(C)C)cc2)cc1.CCC(C)OC. The normalized spacial score (nSPS) is 12.4. The highest BCUT2D eigenvalue weighted by molar-refractivity contribution is 5.66. The van der Waals surface area contributed by atoms with Crippen molar-refractivity contribution < 1.29 is 47.5 Å². The van der Waals surface area contributed by atoms with Crippen LogP contribution in [0.5, 0.6) is 17.2 Å². The predicted octanol–water partition coefficient (Wildman–Crippen LogP) is 10.4. The van der Waals surface area contributed by atoms with Gasteiger partial charge in [0.15, 0.2) is 0 Å². The molecule has 0 aliphatic rings. The van der Waals surface area contributed by atoms with Gasteiger partial charge in [0.05, 0.1) is 6.10 Å². The molecule has 0 spiro atoms. The number of carbonyl (C=O) groups excluding carboxylic acids is 3. The smallest absolute Gasteiger partial charge is 0.428 e. The van der Waals surface area contributed by atoms with Crippen molar-refractivity contribution in [3.8, 4) is 17.2 Å². The molecule has 0 bridgehead atoms. The average molecular weight is 695 g/mol. The summed E-state index contributed by atoms with van der Waals surface area (Å²) in [6, 6.07) is 21.3. The second-order valence-electron chi connectivity index (χ2n) is 14.9. The zero-order chi connectivity index (χ0) is 37.9. The maximum absolute atomic E-state index is 12.2. The lowest BCUT2D eigenvalue weighted by Crippen LogP contribution is -2.27. The summed E-state index contributed by atoms with van der Waals surface area (Å²) < 4.78 is 36.8. The van der Waals surface area contributed by atoms with E-state index in [1.165, 1.54) is 0 Å². The molecule has 10 nitrogen and oxygen atoms in total. The second kappa shape index (κ2) is 17.4. The van der Waals surface area contributed by atoms with E-state index in [-0.39, 0.29) is 0 Å². The summed E-state index contributed by atoms with van der Waals surface area (Å²) in [5.41, 5.74) is -0.182. The lowest BCUT2D eigenvalue weighted by Gasteiger charge is -2.32. The van der Waals surface area contributed by atoms with Gasteiger partial charge in [0, 0.05) is 12.5 Å². The summed E-state index contributed by atoms with van der Waals surface area (Å²) in [7, 11) is 1.73. The van der Waals surface area contributed by atoms with Gasteiger partial charge in [-0.1, -0.05) is 43.3 Å². The van der Waals surface area contributed by atoms with Crippen LogP contribution in [0, 0.1) is 0 Å². The van der Waals surface area contributed by atoms with Crippen LogP contribution in [0.3, 0.4) is 0 Å². The van der Waals surface area contributed by atoms with E-state index in [9.17, 15) is 14.4 Å². The maximum atomic E-state index is 12.2. The lowest BCUT2D eigenvalue weighted by molar-refractivity contribution is 0.0193. The molecular weight excluding hydrogens is 640 g/mol. The van der Waals surface area contributed by atoms with Crippen molar-refractivity contribution in [2.24, 2.45) is 0 Å². The summed E-state index contributed by atoms with van der Waals surface area (Å²) >= 11 is 0. The van der Waals surface area contributed by atoms with Crippen LogP contribution < -0.4 is 14.2 Å². The van der Waals surface area contributed by atoms with Crippen LogP contribution in [0.4, 0.5) is 14.4 Å². The van der Waals surface area contributed by atoms with E-state index in [2.05, 4.69) is 13.8 Å². The average Bonchev–Trinajstić information content (AvgIpc) is 2.98. The Morgan fingerprint density at radius 2 is 0.740 bits per heavy atom. The Kier molecular flexibility index (Phi) is 14.5. The molecule has 3 aromatic rings. The number of carbonyl (C=O) groups is 3. The van der Waals surface area contributed by atoms with Crippen LogP contribution in [0.25, 0.3) is 0 Å². The molecule has 0 saturated carbocycles. The Bertz CT molecular complexity index is 1340. The van der Waals surface area contributed by atoms with Crippen molar-refractivity contribution in [1.82, 2.24) is 0 Å². The van der Waals surface area contributed by atoms with Crippen molar-refractivity contribution in [2.45, 2.75) is 118 Å². The largest absolute Gasteiger partial charge is 0.514 e. The van der Waals surface area contributed by atoms with Gasteiger partial charge >= 0.3 is 18.5 Å². The Labute approximate surface area is 297 Å². The van der Waals surface area contributed by atoms with E-state index in [0.717, 1.165) is 23.1 Å². The van der Waals surface area contributed by atoms with Gasteiger partial charge in [-0.2, -0.15) is 0 Å². The molecule has 274 valence electrons. The van der Waals surface area contributed by atoms with Gasteiger partial charge in [0.25, 0.3) is 0 Å². The standard InChI is InChI=1S/C35H42O9.C5H12O/c1-32(2,3)42-29(36)39-26-17-11-23(12-18-26)35(10,24-13-19-27(20-14-24)40-30(37)43-33(4,5)6)25-15-21-28(22-16-25)41-31(38)44-34(7,8)9;1-4-5(2)6-3/h11-22H,1-10H3;5H,4H2,1-3H3. The highest BCUT2D eigenvalue weighted by Gasteiger charge is 2.32. The van der Waals surface area contributed by atoms with Crippen molar-refractivity contribution in [3.05, 3.63) is 89.5 Å². The van der Waals surface area contributed by atoms with Gasteiger partial charge in [0.2, 0.25) is 0 Å². The molecule has 0 aliphatic carbocycles. The molecule has 3 aromatic carbocycles. The van der Waals surface area contributed by atoms with Crippen LogP contribution >= 0.6 is 0 Å². The quantitative estimate of drug-likeness (QED) is 0.0976. The summed E-state index contributed by atoms with van der Waals surface area (Å²) in [5, 5.41) is 0.